The molecule has 0 spiro atoms. The number of benzene rings is 4. The Labute approximate surface area is 261 Å². The lowest BCUT2D eigenvalue weighted by Crippen LogP contribution is -2.18. The molecule has 230 valence electrons. The third-order valence-electron chi connectivity index (χ3n) is 6.20. The summed E-state index contributed by atoms with van der Waals surface area (Å²) in [6, 6.07) is 18.7. The van der Waals surface area contributed by atoms with E-state index in [9.17, 15) is 24.5 Å². The monoisotopic (exact) mass is 632 g/mol. The van der Waals surface area contributed by atoms with Crippen LogP contribution in [0.3, 0.4) is 0 Å². The van der Waals surface area contributed by atoms with Crippen molar-refractivity contribution in [2.45, 2.75) is 0 Å². The summed E-state index contributed by atoms with van der Waals surface area (Å²) in [5.41, 5.74) is 3.01. The van der Waals surface area contributed by atoms with Gasteiger partial charge in [0.1, 0.15) is 5.75 Å². The topological polar surface area (TPSA) is 168 Å². The summed E-state index contributed by atoms with van der Waals surface area (Å²) < 4.78 is 21.2. The number of hydrazone groups is 1. The summed E-state index contributed by atoms with van der Waals surface area (Å²) in [5.74, 6) is -0.945. The van der Waals surface area contributed by atoms with Gasteiger partial charge in [0.15, 0.2) is 11.5 Å². The highest BCUT2D eigenvalue weighted by molar-refractivity contribution is 6.33. The van der Waals surface area contributed by atoms with Crippen molar-refractivity contribution in [3.05, 3.63) is 116 Å². The largest absolute Gasteiger partial charge is 0.493 e. The Balaban J connectivity index is 1.44. The van der Waals surface area contributed by atoms with Gasteiger partial charge in [0.2, 0.25) is 5.75 Å². The van der Waals surface area contributed by atoms with E-state index in [0.29, 0.717) is 22.9 Å². The number of nitro groups is 1. The van der Waals surface area contributed by atoms with Crippen LogP contribution in [0.4, 0.5) is 11.4 Å². The van der Waals surface area contributed by atoms with Crippen LogP contribution >= 0.6 is 11.6 Å². The number of nitrogens with zero attached hydrogens (tertiary/aromatic N) is 2. The fourth-order valence-corrected chi connectivity index (χ4v) is 4.18. The zero-order chi connectivity index (χ0) is 32.5. The van der Waals surface area contributed by atoms with Crippen molar-refractivity contribution >= 4 is 47.0 Å². The predicted octanol–water partition coefficient (Wildman–Crippen LogP) is 5.51. The normalized spacial score (nSPS) is 10.6. The number of nitrogens with one attached hydrogen (secondary N) is 2. The Morgan fingerprint density at radius 3 is 2.09 bits per heavy atom. The van der Waals surface area contributed by atoms with Gasteiger partial charge in [-0.2, -0.15) is 5.10 Å². The maximum Gasteiger partial charge on any atom is 0.345 e. The summed E-state index contributed by atoms with van der Waals surface area (Å²) >= 11 is 6.07. The second-order valence-electron chi connectivity index (χ2n) is 8.99. The highest BCUT2D eigenvalue weighted by Gasteiger charge is 2.19. The molecule has 0 aromatic heterocycles. The number of non-ortho nitro benzene ring substituents is 1. The van der Waals surface area contributed by atoms with E-state index in [1.807, 2.05) is 0 Å². The molecule has 0 heterocycles. The predicted molar refractivity (Wildman–Crippen MR) is 165 cm³/mol. The molecule has 0 saturated heterocycles. The van der Waals surface area contributed by atoms with Crippen LogP contribution in [0.2, 0.25) is 5.02 Å². The number of anilines is 1. The molecule has 2 N–H and O–H groups in total. The van der Waals surface area contributed by atoms with Gasteiger partial charge in [-0.3, -0.25) is 19.7 Å². The van der Waals surface area contributed by atoms with E-state index in [4.69, 9.17) is 30.5 Å². The third-order valence-corrected chi connectivity index (χ3v) is 6.53. The van der Waals surface area contributed by atoms with Crippen LogP contribution in [0.1, 0.15) is 36.6 Å². The van der Waals surface area contributed by atoms with Crippen molar-refractivity contribution in [1.82, 2.24) is 5.43 Å². The second kappa shape index (κ2) is 14.5. The number of amides is 2. The van der Waals surface area contributed by atoms with Gasteiger partial charge in [-0.1, -0.05) is 23.7 Å². The Morgan fingerprint density at radius 1 is 0.822 bits per heavy atom. The molecule has 0 radical (unpaired) electrons. The van der Waals surface area contributed by atoms with E-state index in [0.717, 1.165) is 18.3 Å². The number of rotatable bonds is 11. The zero-order valence-electron chi connectivity index (χ0n) is 24.0. The second-order valence-corrected chi connectivity index (χ2v) is 9.40. The van der Waals surface area contributed by atoms with Gasteiger partial charge in [-0.25, -0.2) is 10.2 Å². The molecule has 2 amide bonds. The molecule has 0 aliphatic rings. The maximum atomic E-state index is 12.9. The molecule has 0 unspecified atom stereocenters. The Kier molecular flexibility index (Phi) is 10.3. The lowest BCUT2D eigenvalue weighted by molar-refractivity contribution is -0.384. The standard InChI is InChI=1S/C31H25ClN4O9/c1-42-26-15-19(16-27(43-2)28(26)44-3)29(37)34-21-10-8-18(9-11-21)30(38)35-33-17-20-14-22(36(40)41)12-13-25(20)45-31(39)23-6-4-5-7-24(23)32/h4-17H,1-3H3,(H,34,37)(H,35,38)/b33-17+. The number of hydrogen-bond donors (Lipinski definition) is 2. The first-order valence-electron chi connectivity index (χ1n) is 12.9. The molecule has 0 aliphatic heterocycles. The quantitative estimate of drug-likeness (QED) is 0.0712. The highest BCUT2D eigenvalue weighted by Crippen LogP contribution is 2.38. The number of methoxy groups -OCH3 is 3. The molecule has 13 nitrogen and oxygen atoms in total. The summed E-state index contributed by atoms with van der Waals surface area (Å²) in [6.07, 6.45) is 1.10. The Bertz CT molecular complexity index is 1770. The number of hydrogen-bond acceptors (Lipinski definition) is 10. The van der Waals surface area contributed by atoms with E-state index in [-0.39, 0.29) is 38.7 Å². The molecule has 4 rings (SSSR count). The molecule has 0 fully saturated rings. The molecule has 4 aromatic carbocycles. The van der Waals surface area contributed by atoms with E-state index in [1.54, 1.807) is 12.1 Å². The summed E-state index contributed by atoms with van der Waals surface area (Å²) in [5, 5.41) is 18.1. The number of esters is 1. The van der Waals surface area contributed by atoms with Crippen molar-refractivity contribution < 1.29 is 38.3 Å². The van der Waals surface area contributed by atoms with Crippen molar-refractivity contribution in [3.8, 4) is 23.0 Å². The van der Waals surface area contributed by atoms with E-state index < -0.39 is 22.7 Å². The lowest BCUT2D eigenvalue weighted by Gasteiger charge is -2.14. The van der Waals surface area contributed by atoms with Gasteiger partial charge in [-0.15, -0.1) is 0 Å². The third kappa shape index (κ3) is 7.72. The van der Waals surface area contributed by atoms with E-state index >= 15 is 0 Å². The number of nitro benzene ring substituents is 1. The zero-order valence-corrected chi connectivity index (χ0v) is 24.8. The Hall–Kier alpha value is -5.95. The molecule has 0 aliphatic carbocycles. The molecule has 0 atom stereocenters. The first-order chi connectivity index (χ1) is 21.6. The van der Waals surface area contributed by atoms with Crippen molar-refractivity contribution in [2.75, 3.05) is 26.6 Å². The van der Waals surface area contributed by atoms with Crippen LogP contribution in [0.25, 0.3) is 0 Å². The van der Waals surface area contributed by atoms with Gasteiger partial charge < -0.3 is 24.3 Å². The maximum absolute atomic E-state index is 12.9. The SMILES string of the molecule is COc1cc(C(=O)Nc2ccc(C(=O)N/N=C/c3cc([N+](=O)[O-])ccc3OC(=O)c3ccccc3Cl)cc2)cc(OC)c1OC. The van der Waals surface area contributed by atoms with Crippen LogP contribution in [0.5, 0.6) is 23.0 Å². The minimum absolute atomic E-state index is 0.0456. The summed E-state index contributed by atoms with van der Waals surface area (Å²) in [7, 11) is 4.33. The molecular weight excluding hydrogens is 608 g/mol. The number of carbonyl (C=O) groups is 3. The van der Waals surface area contributed by atoms with Gasteiger partial charge in [-0.05, 0) is 54.6 Å². The fraction of sp³-hybridized carbons (Fsp3) is 0.0968. The number of halogens is 1. The van der Waals surface area contributed by atoms with Crippen LogP contribution in [0, 0.1) is 10.1 Å². The summed E-state index contributed by atoms with van der Waals surface area (Å²) in [6.45, 7) is 0. The summed E-state index contributed by atoms with van der Waals surface area (Å²) in [4.78, 5) is 48.9. The first kappa shape index (κ1) is 32.0. The fourth-order valence-electron chi connectivity index (χ4n) is 3.97. The van der Waals surface area contributed by atoms with Gasteiger partial charge in [0.25, 0.3) is 17.5 Å². The van der Waals surface area contributed by atoms with Crippen LogP contribution in [-0.2, 0) is 0 Å². The van der Waals surface area contributed by atoms with Crippen molar-refractivity contribution in [2.24, 2.45) is 5.10 Å². The first-order valence-corrected chi connectivity index (χ1v) is 13.3. The van der Waals surface area contributed by atoms with Gasteiger partial charge >= 0.3 is 5.97 Å². The van der Waals surface area contributed by atoms with Crippen LogP contribution < -0.4 is 29.7 Å². The molecule has 0 bridgehead atoms. The number of carbonyl (C=O) groups excluding carboxylic acids is 3. The minimum atomic E-state index is -0.786. The molecule has 45 heavy (non-hydrogen) atoms. The average Bonchev–Trinajstić information content (AvgIpc) is 3.04. The van der Waals surface area contributed by atoms with Crippen LogP contribution in [0.15, 0.2) is 84.0 Å². The van der Waals surface area contributed by atoms with Crippen LogP contribution in [-0.4, -0.2) is 50.3 Å². The average molecular weight is 633 g/mol. The molecule has 4 aromatic rings. The minimum Gasteiger partial charge on any atom is -0.493 e. The van der Waals surface area contributed by atoms with E-state index in [2.05, 4.69) is 15.8 Å². The van der Waals surface area contributed by atoms with Crippen molar-refractivity contribution in [3.63, 3.8) is 0 Å². The molecule has 14 heteroatoms. The van der Waals surface area contributed by atoms with Crippen molar-refractivity contribution in [1.29, 1.82) is 0 Å². The Morgan fingerprint density at radius 2 is 1.49 bits per heavy atom. The highest BCUT2D eigenvalue weighted by atomic mass is 35.5. The molecular formula is C31H25ClN4O9. The molecule has 0 saturated carbocycles. The van der Waals surface area contributed by atoms with Gasteiger partial charge in [0.05, 0.1) is 43.1 Å². The number of ether oxygens (including phenoxy) is 4. The van der Waals surface area contributed by atoms with E-state index in [1.165, 1.54) is 75.9 Å². The lowest BCUT2D eigenvalue weighted by atomic mass is 10.1. The smallest absolute Gasteiger partial charge is 0.345 e. The van der Waals surface area contributed by atoms with Gasteiger partial charge in [0, 0.05) is 34.5 Å².